The minimum atomic E-state index is -0.213. The summed E-state index contributed by atoms with van der Waals surface area (Å²) in [6, 6.07) is 8.51. The number of para-hydroxylation sites is 1. The minimum absolute atomic E-state index is 0.126. The first-order valence-electron chi connectivity index (χ1n) is 9.63. The molecule has 4 fully saturated rings. The van der Waals surface area contributed by atoms with E-state index < -0.39 is 0 Å². The molecular formula is C21H24N2O3. The Hall–Kier alpha value is -2.30. The van der Waals surface area contributed by atoms with Crippen LogP contribution in [0.4, 0.5) is 0 Å². The maximum absolute atomic E-state index is 12.6. The number of aromatic nitrogens is 1. The Labute approximate surface area is 152 Å². The fourth-order valence-corrected chi connectivity index (χ4v) is 6.06. The van der Waals surface area contributed by atoms with E-state index in [4.69, 9.17) is 4.52 Å². The zero-order valence-electron chi connectivity index (χ0n) is 14.8. The van der Waals surface area contributed by atoms with Crippen LogP contribution in [0.5, 0.6) is 5.75 Å². The molecule has 4 aliphatic rings. The SMILES string of the molecule is O=C(NCC12CC3CC(CC(C3)C1)C2)c1cc(-c2ccccc2O)no1. The average Bonchev–Trinajstić information content (AvgIpc) is 3.09. The fraction of sp³-hybridized carbons (Fsp3) is 0.524. The summed E-state index contributed by atoms with van der Waals surface area (Å²) in [6.07, 6.45) is 7.99. The molecular weight excluding hydrogens is 328 g/mol. The van der Waals surface area contributed by atoms with E-state index in [-0.39, 0.29) is 17.4 Å². The lowest BCUT2D eigenvalue weighted by Gasteiger charge is -2.56. The van der Waals surface area contributed by atoms with E-state index in [1.807, 2.05) is 6.07 Å². The van der Waals surface area contributed by atoms with Crippen molar-refractivity contribution in [3.8, 4) is 17.0 Å². The van der Waals surface area contributed by atoms with Crippen LogP contribution >= 0.6 is 0 Å². The van der Waals surface area contributed by atoms with Gasteiger partial charge in [0.05, 0.1) is 0 Å². The van der Waals surface area contributed by atoms with Crippen molar-refractivity contribution in [3.05, 3.63) is 36.1 Å². The van der Waals surface area contributed by atoms with Crippen LogP contribution in [0.25, 0.3) is 11.3 Å². The maximum atomic E-state index is 12.6. The highest BCUT2D eigenvalue weighted by molar-refractivity contribution is 5.92. The van der Waals surface area contributed by atoms with Gasteiger partial charge < -0.3 is 14.9 Å². The predicted octanol–water partition coefficient (Wildman–Crippen LogP) is 3.99. The van der Waals surface area contributed by atoms with Crippen LogP contribution in [0, 0.1) is 23.2 Å². The number of carbonyl (C=O) groups excluding carboxylic acids is 1. The molecule has 5 nitrogen and oxygen atoms in total. The van der Waals surface area contributed by atoms with Crippen molar-refractivity contribution in [1.29, 1.82) is 0 Å². The lowest BCUT2D eigenvalue weighted by Crippen LogP contribution is -2.51. The van der Waals surface area contributed by atoms with Crippen LogP contribution in [0.3, 0.4) is 0 Å². The molecule has 0 saturated heterocycles. The molecule has 4 saturated carbocycles. The molecule has 2 N–H and O–H groups in total. The van der Waals surface area contributed by atoms with Crippen LogP contribution in [0.1, 0.15) is 49.1 Å². The summed E-state index contributed by atoms with van der Waals surface area (Å²) in [5.41, 5.74) is 1.34. The zero-order valence-corrected chi connectivity index (χ0v) is 14.8. The summed E-state index contributed by atoms with van der Waals surface area (Å²) < 4.78 is 5.23. The molecule has 0 radical (unpaired) electrons. The van der Waals surface area contributed by atoms with Gasteiger partial charge in [-0.3, -0.25) is 4.79 Å². The summed E-state index contributed by atoms with van der Waals surface area (Å²) >= 11 is 0. The largest absolute Gasteiger partial charge is 0.507 e. The molecule has 6 rings (SSSR count). The van der Waals surface area contributed by atoms with E-state index in [0.29, 0.717) is 16.7 Å². The Morgan fingerprint density at radius 2 is 1.81 bits per heavy atom. The second-order valence-corrected chi connectivity index (χ2v) is 8.69. The van der Waals surface area contributed by atoms with Crippen molar-refractivity contribution in [1.82, 2.24) is 10.5 Å². The molecule has 136 valence electrons. The van der Waals surface area contributed by atoms with Gasteiger partial charge in [0.25, 0.3) is 5.91 Å². The van der Waals surface area contributed by atoms with Crippen molar-refractivity contribution in [2.75, 3.05) is 6.54 Å². The van der Waals surface area contributed by atoms with Gasteiger partial charge in [-0.15, -0.1) is 0 Å². The summed E-state index contributed by atoms with van der Waals surface area (Å²) in [6.45, 7) is 0.738. The highest BCUT2D eigenvalue weighted by atomic mass is 16.5. The van der Waals surface area contributed by atoms with E-state index >= 15 is 0 Å². The number of nitrogens with zero attached hydrogens (tertiary/aromatic N) is 1. The third kappa shape index (κ3) is 2.70. The van der Waals surface area contributed by atoms with Crippen LogP contribution in [0.2, 0.25) is 0 Å². The van der Waals surface area contributed by atoms with Gasteiger partial charge in [0, 0.05) is 18.2 Å². The van der Waals surface area contributed by atoms with E-state index in [0.717, 1.165) is 24.3 Å². The van der Waals surface area contributed by atoms with Crippen molar-refractivity contribution in [2.24, 2.45) is 23.2 Å². The molecule has 0 unspecified atom stereocenters. The van der Waals surface area contributed by atoms with Crippen LogP contribution < -0.4 is 5.32 Å². The molecule has 1 heterocycles. The predicted molar refractivity (Wildman–Crippen MR) is 96.5 cm³/mol. The Balaban J connectivity index is 1.28. The minimum Gasteiger partial charge on any atom is -0.507 e. The maximum Gasteiger partial charge on any atom is 0.289 e. The van der Waals surface area contributed by atoms with E-state index in [1.165, 1.54) is 38.5 Å². The third-order valence-electron chi connectivity index (χ3n) is 6.70. The van der Waals surface area contributed by atoms with Crippen molar-refractivity contribution in [3.63, 3.8) is 0 Å². The van der Waals surface area contributed by atoms with E-state index in [9.17, 15) is 9.90 Å². The van der Waals surface area contributed by atoms with Gasteiger partial charge in [-0.25, -0.2) is 0 Å². The standard InChI is InChI=1S/C21H24N2O3/c24-18-4-2-1-3-16(18)17-8-19(26-23-17)20(25)22-12-21-9-13-5-14(10-21)7-15(6-13)11-21/h1-4,8,13-15,24H,5-7,9-12H2,(H,22,25). The zero-order chi connectivity index (χ0) is 17.7. The van der Waals surface area contributed by atoms with E-state index in [2.05, 4.69) is 10.5 Å². The Kier molecular flexibility index (Phi) is 3.59. The molecule has 1 amide bonds. The Bertz CT molecular complexity index is 806. The summed E-state index contributed by atoms with van der Waals surface area (Å²) in [5.74, 6) is 2.73. The lowest BCUT2D eigenvalue weighted by molar-refractivity contribution is -0.0504. The first-order valence-corrected chi connectivity index (χ1v) is 9.63. The number of nitrogens with one attached hydrogen (secondary N) is 1. The molecule has 0 atom stereocenters. The number of phenolic OH excluding ortho intramolecular Hbond substituents is 1. The number of carbonyl (C=O) groups is 1. The van der Waals surface area contributed by atoms with Crippen molar-refractivity contribution in [2.45, 2.75) is 38.5 Å². The smallest absolute Gasteiger partial charge is 0.289 e. The average molecular weight is 352 g/mol. The number of aromatic hydroxyl groups is 1. The molecule has 26 heavy (non-hydrogen) atoms. The Morgan fingerprint density at radius 3 is 2.46 bits per heavy atom. The second kappa shape index (κ2) is 5.86. The third-order valence-corrected chi connectivity index (χ3v) is 6.70. The van der Waals surface area contributed by atoms with Gasteiger partial charge >= 0.3 is 0 Å². The highest BCUT2D eigenvalue weighted by Crippen LogP contribution is 2.59. The van der Waals surface area contributed by atoms with Gasteiger partial charge in [-0.1, -0.05) is 17.3 Å². The highest BCUT2D eigenvalue weighted by Gasteiger charge is 2.50. The Morgan fingerprint density at radius 1 is 1.15 bits per heavy atom. The van der Waals surface area contributed by atoms with Crippen LogP contribution in [-0.4, -0.2) is 22.7 Å². The molecule has 1 aromatic carbocycles. The molecule has 2 aromatic rings. The second-order valence-electron chi connectivity index (χ2n) is 8.69. The lowest BCUT2D eigenvalue weighted by atomic mass is 9.49. The quantitative estimate of drug-likeness (QED) is 0.872. The van der Waals surface area contributed by atoms with Gasteiger partial charge in [0.1, 0.15) is 11.4 Å². The first kappa shape index (κ1) is 15.9. The van der Waals surface area contributed by atoms with Gasteiger partial charge in [-0.05, 0) is 73.8 Å². The van der Waals surface area contributed by atoms with Crippen molar-refractivity contribution >= 4 is 5.91 Å². The summed E-state index contributed by atoms with van der Waals surface area (Å²) in [5, 5.41) is 17.0. The summed E-state index contributed by atoms with van der Waals surface area (Å²) in [4.78, 5) is 12.6. The number of benzene rings is 1. The number of hydrogen-bond acceptors (Lipinski definition) is 4. The molecule has 0 aliphatic heterocycles. The van der Waals surface area contributed by atoms with E-state index in [1.54, 1.807) is 24.3 Å². The molecule has 5 heteroatoms. The molecule has 0 spiro atoms. The monoisotopic (exact) mass is 352 g/mol. The molecule has 4 aliphatic carbocycles. The molecule has 4 bridgehead atoms. The van der Waals surface area contributed by atoms with Gasteiger partial charge in [0.2, 0.25) is 5.76 Å². The molecule has 1 aromatic heterocycles. The summed E-state index contributed by atoms with van der Waals surface area (Å²) in [7, 11) is 0. The topological polar surface area (TPSA) is 75.4 Å². The van der Waals surface area contributed by atoms with Crippen LogP contribution in [0.15, 0.2) is 34.9 Å². The number of rotatable bonds is 4. The number of phenols is 1. The van der Waals surface area contributed by atoms with Crippen molar-refractivity contribution < 1.29 is 14.4 Å². The van der Waals surface area contributed by atoms with Gasteiger partial charge in [-0.2, -0.15) is 0 Å². The van der Waals surface area contributed by atoms with Gasteiger partial charge in [0.15, 0.2) is 0 Å². The number of hydrogen-bond donors (Lipinski definition) is 2. The fourth-order valence-electron chi connectivity index (χ4n) is 6.06. The van der Waals surface area contributed by atoms with Crippen LogP contribution in [-0.2, 0) is 0 Å². The normalized spacial score (nSPS) is 31.9. The first-order chi connectivity index (χ1) is 12.6. The number of amides is 1.